The van der Waals surface area contributed by atoms with Crippen LogP contribution in [0.3, 0.4) is 0 Å². The van der Waals surface area contributed by atoms with Gasteiger partial charge in [-0.15, -0.1) is 0 Å². The second-order valence-electron chi connectivity index (χ2n) is 4.45. The van der Waals surface area contributed by atoms with Gasteiger partial charge in [0.05, 0.1) is 18.8 Å². The van der Waals surface area contributed by atoms with E-state index in [0.717, 1.165) is 0 Å². The van der Waals surface area contributed by atoms with Crippen molar-refractivity contribution in [3.8, 4) is 17.2 Å². The number of ether oxygens (including phenoxy) is 1. The van der Waals surface area contributed by atoms with Crippen molar-refractivity contribution in [1.29, 1.82) is 0 Å². The SMILES string of the molecule is COc1cc(F)ccc1NC(C)c1ccc(O)cc1O. The normalized spacial score (nSPS) is 11.9. The molecule has 2 aromatic carbocycles. The largest absolute Gasteiger partial charge is 0.508 e. The standard InChI is InChI=1S/C15H16FNO3/c1-9(12-5-4-11(18)8-14(12)19)17-13-6-3-10(16)7-15(13)20-2/h3-9,17-19H,1-2H3. The molecule has 0 bridgehead atoms. The van der Waals surface area contributed by atoms with Gasteiger partial charge in [-0.25, -0.2) is 4.39 Å². The van der Waals surface area contributed by atoms with E-state index >= 15 is 0 Å². The Kier molecular flexibility index (Phi) is 3.98. The Hall–Kier alpha value is -2.43. The smallest absolute Gasteiger partial charge is 0.144 e. The van der Waals surface area contributed by atoms with Crippen molar-refractivity contribution in [1.82, 2.24) is 0 Å². The van der Waals surface area contributed by atoms with Crippen LogP contribution in [0.2, 0.25) is 0 Å². The maximum absolute atomic E-state index is 13.1. The molecule has 0 aliphatic rings. The number of hydrogen-bond acceptors (Lipinski definition) is 4. The van der Waals surface area contributed by atoms with Crippen molar-refractivity contribution in [2.45, 2.75) is 13.0 Å². The van der Waals surface area contributed by atoms with Crippen LogP contribution in [0.15, 0.2) is 36.4 Å². The summed E-state index contributed by atoms with van der Waals surface area (Å²) in [5.74, 6) is -0.00783. The average molecular weight is 277 g/mol. The molecule has 2 rings (SSSR count). The first kappa shape index (κ1) is 14.0. The van der Waals surface area contributed by atoms with E-state index in [4.69, 9.17) is 4.74 Å². The van der Waals surface area contributed by atoms with E-state index in [0.29, 0.717) is 17.0 Å². The van der Waals surface area contributed by atoms with Crippen LogP contribution in [0, 0.1) is 5.82 Å². The molecule has 0 saturated carbocycles. The van der Waals surface area contributed by atoms with Crippen molar-refractivity contribution >= 4 is 5.69 Å². The lowest BCUT2D eigenvalue weighted by Gasteiger charge is -2.19. The van der Waals surface area contributed by atoms with Gasteiger partial charge in [0.25, 0.3) is 0 Å². The molecule has 0 radical (unpaired) electrons. The molecule has 0 amide bonds. The van der Waals surface area contributed by atoms with Gasteiger partial charge < -0.3 is 20.3 Å². The summed E-state index contributed by atoms with van der Waals surface area (Å²) < 4.78 is 18.2. The van der Waals surface area contributed by atoms with E-state index in [1.807, 2.05) is 6.92 Å². The first-order chi connectivity index (χ1) is 9.51. The second kappa shape index (κ2) is 5.69. The van der Waals surface area contributed by atoms with Crippen LogP contribution in [0.4, 0.5) is 10.1 Å². The van der Waals surface area contributed by atoms with E-state index in [1.165, 1.54) is 31.4 Å². The monoisotopic (exact) mass is 277 g/mol. The topological polar surface area (TPSA) is 61.7 Å². The Balaban J connectivity index is 2.25. The number of anilines is 1. The summed E-state index contributed by atoms with van der Waals surface area (Å²) in [6, 6.07) is 8.33. The molecule has 0 heterocycles. The van der Waals surface area contributed by atoms with Crippen LogP contribution in [0.1, 0.15) is 18.5 Å². The molecular weight excluding hydrogens is 261 g/mol. The van der Waals surface area contributed by atoms with E-state index < -0.39 is 0 Å². The highest BCUT2D eigenvalue weighted by atomic mass is 19.1. The number of rotatable bonds is 4. The first-order valence-corrected chi connectivity index (χ1v) is 6.13. The highest BCUT2D eigenvalue weighted by Gasteiger charge is 2.13. The fraction of sp³-hybridized carbons (Fsp3) is 0.200. The quantitative estimate of drug-likeness (QED) is 0.801. The summed E-state index contributed by atoms with van der Waals surface area (Å²) in [4.78, 5) is 0. The van der Waals surface area contributed by atoms with E-state index in [9.17, 15) is 14.6 Å². The maximum Gasteiger partial charge on any atom is 0.144 e. The number of phenolic OH excluding ortho intramolecular Hbond substituents is 2. The molecule has 0 fully saturated rings. The van der Waals surface area contributed by atoms with Crippen molar-refractivity contribution in [3.63, 3.8) is 0 Å². The van der Waals surface area contributed by atoms with E-state index in [1.54, 1.807) is 12.1 Å². The lowest BCUT2D eigenvalue weighted by atomic mass is 10.1. The third-order valence-electron chi connectivity index (χ3n) is 3.02. The van der Waals surface area contributed by atoms with Crippen LogP contribution in [0.25, 0.3) is 0 Å². The van der Waals surface area contributed by atoms with Crippen LogP contribution in [-0.4, -0.2) is 17.3 Å². The molecule has 0 saturated heterocycles. The van der Waals surface area contributed by atoms with Gasteiger partial charge in [0.1, 0.15) is 23.1 Å². The van der Waals surface area contributed by atoms with Gasteiger partial charge in [0.15, 0.2) is 0 Å². The number of halogens is 1. The predicted molar refractivity (Wildman–Crippen MR) is 74.8 cm³/mol. The Labute approximate surface area is 116 Å². The van der Waals surface area contributed by atoms with Gasteiger partial charge in [-0.1, -0.05) is 0 Å². The van der Waals surface area contributed by atoms with Crippen molar-refractivity contribution < 1.29 is 19.3 Å². The molecule has 0 aliphatic carbocycles. The summed E-state index contributed by atoms with van der Waals surface area (Å²) in [6.45, 7) is 1.84. The Morgan fingerprint density at radius 3 is 2.55 bits per heavy atom. The van der Waals surface area contributed by atoms with Gasteiger partial charge in [0.2, 0.25) is 0 Å². The fourth-order valence-corrected chi connectivity index (χ4v) is 1.99. The number of hydrogen-bond donors (Lipinski definition) is 3. The van der Waals surface area contributed by atoms with Crippen molar-refractivity contribution in [3.05, 3.63) is 47.8 Å². The minimum absolute atomic E-state index is 0.00203. The number of nitrogens with one attached hydrogen (secondary N) is 1. The summed E-state index contributed by atoms with van der Waals surface area (Å²) in [6.07, 6.45) is 0. The zero-order valence-electron chi connectivity index (χ0n) is 11.2. The van der Waals surface area contributed by atoms with E-state index in [-0.39, 0.29) is 23.4 Å². The maximum atomic E-state index is 13.1. The van der Waals surface area contributed by atoms with Gasteiger partial charge in [-0.3, -0.25) is 0 Å². The van der Waals surface area contributed by atoms with Crippen LogP contribution in [0.5, 0.6) is 17.2 Å². The first-order valence-electron chi connectivity index (χ1n) is 6.13. The van der Waals surface area contributed by atoms with Crippen LogP contribution in [-0.2, 0) is 0 Å². The predicted octanol–water partition coefficient (Wildman–Crippen LogP) is 3.42. The zero-order valence-corrected chi connectivity index (χ0v) is 11.2. The molecule has 0 aliphatic heterocycles. The number of aromatic hydroxyl groups is 2. The second-order valence-corrected chi connectivity index (χ2v) is 4.45. The van der Waals surface area contributed by atoms with Crippen LogP contribution >= 0.6 is 0 Å². The summed E-state index contributed by atoms with van der Waals surface area (Å²) in [5.41, 5.74) is 1.24. The Morgan fingerprint density at radius 1 is 1.15 bits per heavy atom. The molecule has 5 heteroatoms. The van der Waals surface area contributed by atoms with Gasteiger partial charge in [-0.2, -0.15) is 0 Å². The summed E-state index contributed by atoms with van der Waals surface area (Å²) in [7, 11) is 1.46. The highest BCUT2D eigenvalue weighted by Crippen LogP contribution is 2.33. The molecular formula is C15H16FNO3. The minimum Gasteiger partial charge on any atom is -0.508 e. The summed E-state index contributed by atoms with van der Waals surface area (Å²) >= 11 is 0. The third kappa shape index (κ3) is 2.93. The highest BCUT2D eigenvalue weighted by molar-refractivity contribution is 5.58. The van der Waals surface area contributed by atoms with Gasteiger partial charge in [0, 0.05) is 17.7 Å². The van der Waals surface area contributed by atoms with E-state index in [2.05, 4.69) is 5.32 Å². The van der Waals surface area contributed by atoms with Crippen molar-refractivity contribution in [2.24, 2.45) is 0 Å². The molecule has 1 atom stereocenters. The summed E-state index contributed by atoms with van der Waals surface area (Å²) in [5, 5.41) is 22.2. The molecule has 2 aromatic rings. The molecule has 4 nitrogen and oxygen atoms in total. The minimum atomic E-state index is -0.382. The van der Waals surface area contributed by atoms with Crippen molar-refractivity contribution in [2.75, 3.05) is 12.4 Å². The van der Waals surface area contributed by atoms with Gasteiger partial charge in [-0.05, 0) is 31.2 Å². The van der Waals surface area contributed by atoms with Gasteiger partial charge >= 0.3 is 0 Å². The lowest BCUT2D eigenvalue weighted by molar-refractivity contribution is 0.412. The third-order valence-corrected chi connectivity index (χ3v) is 3.02. The number of benzene rings is 2. The molecule has 20 heavy (non-hydrogen) atoms. The number of phenols is 2. The fourth-order valence-electron chi connectivity index (χ4n) is 1.99. The molecule has 3 N–H and O–H groups in total. The Morgan fingerprint density at radius 2 is 1.90 bits per heavy atom. The molecule has 1 unspecified atom stereocenters. The molecule has 0 aromatic heterocycles. The molecule has 0 spiro atoms. The Bertz CT molecular complexity index is 616. The van der Waals surface area contributed by atoms with Crippen LogP contribution < -0.4 is 10.1 Å². The molecule has 106 valence electrons. The zero-order chi connectivity index (χ0) is 14.7. The lowest BCUT2D eigenvalue weighted by Crippen LogP contribution is -2.08. The number of methoxy groups -OCH3 is 1. The average Bonchev–Trinajstić information content (AvgIpc) is 2.40.